The minimum atomic E-state index is -0.412. The minimum Gasteiger partial charge on any atom is -0.491 e. The molecule has 0 aliphatic heterocycles. The van der Waals surface area contributed by atoms with Crippen LogP contribution in [0.15, 0.2) is 35.2 Å². The van der Waals surface area contributed by atoms with Crippen molar-refractivity contribution in [1.82, 2.24) is 0 Å². The molecule has 0 aliphatic carbocycles. The highest BCUT2D eigenvalue weighted by Gasteiger charge is 2.10. The van der Waals surface area contributed by atoms with Gasteiger partial charge >= 0.3 is 0 Å². The van der Waals surface area contributed by atoms with E-state index >= 15 is 0 Å². The second-order valence-electron chi connectivity index (χ2n) is 5.04. The maximum Gasteiger partial charge on any atom is 0.167 e. The van der Waals surface area contributed by atoms with Crippen LogP contribution in [0.1, 0.15) is 23.6 Å². The molecule has 0 bridgehead atoms. The molecule has 0 aromatic heterocycles. The van der Waals surface area contributed by atoms with Gasteiger partial charge in [-0.15, -0.1) is 11.8 Å². The Balaban J connectivity index is 2.17. The predicted molar refractivity (Wildman–Crippen MR) is 87.5 cm³/mol. The van der Waals surface area contributed by atoms with Crippen LogP contribution in [0, 0.1) is 19.7 Å². The van der Waals surface area contributed by atoms with E-state index < -0.39 is 5.82 Å². The van der Waals surface area contributed by atoms with E-state index in [0.717, 1.165) is 10.6 Å². The number of thioether (sulfide) groups is 1. The van der Waals surface area contributed by atoms with Gasteiger partial charge in [-0.3, -0.25) is 0 Å². The van der Waals surface area contributed by atoms with Crippen LogP contribution in [0.3, 0.4) is 0 Å². The average molecular weight is 305 g/mol. The van der Waals surface area contributed by atoms with Crippen LogP contribution in [0.2, 0.25) is 0 Å². The SMILES string of the molecule is CCOc1cc(SCc2cc(C)cc(C)c2)c(N)cc1F. The summed E-state index contributed by atoms with van der Waals surface area (Å²) >= 11 is 1.59. The summed E-state index contributed by atoms with van der Waals surface area (Å²) in [5, 5.41) is 0. The van der Waals surface area contributed by atoms with Gasteiger partial charge in [-0.1, -0.05) is 29.3 Å². The number of nitrogen functional groups attached to an aromatic ring is 1. The molecule has 112 valence electrons. The second kappa shape index (κ2) is 6.85. The number of anilines is 1. The first kappa shape index (κ1) is 15.7. The Morgan fingerprint density at radius 2 is 1.76 bits per heavy atom. The van der Waals surface area contributed by atoms with Gasteiger partial charge in [-0.25, -0.2) is 4.39 Å². The summed E-state index contributed by atoms with van der Waals surface area (Å²) in [5.41, 5.74) is 10.1. The summed E-state index contributed by atoms with van der Waals surface area (Å²) in [6, 6.07) is 9.47. The quantitative estimate of drug-likeness (QED) is 0.641. The zero-order valence-corrected chi connectivity index (χ0v) is 13.4. The van der Waals surface area contributed by atoms with Gasteiger partial charge in [0, 0.05) is 22.4 Å². The Morgan fingerprint density at radius 1 is 1.10 bits per heavy atom. The molecular formula is C17H20FNOS. The van der Waals surface area contributed by atoms with E-state index in [1.807, 2.05) is 6.92 Å². The molecule has 0 heterocycles. The highest BCUT2D eigenvalue weighted by molar-refractivity contribution is 7.98. The van der Waals surface area contributed by atoms with Crippen molar-refractivity contribution in [3.63, 3.8) is 0 Å². The van der Waals surface area contributed by atoms with Gasteiger partial charge in [0.1, 0.15) is 0 Å². The molecule has 21 heavy (non-hydrogen) atoms. The van der Waals surface area contributed by atoms with Gasteiger partial charge in [-0.2, -0.15) is 0 Å². The van der Waals surface area contributed by atoms with Crippen LogP contribution in [0.25, 0.3) is 0 Å². The maximum atomic E-state index is 13.7. The van der Waals surface area contributed by atoms with Crippen molar-refractivity contribution in [3.8, 4) is 5.75 Å². The molecule has 2 rings (SSSR count). The summed E-state index contributed by atoms with van der Waals surface area (Å²) in [5.74, 6) is 0.643. The van der Waals surface area contributed by atoms with Crippen molar-refractivity contribution in [2.75, 3.05) is 12.3 Å². The monoisotopic (exact) mass is 305 g/mol. The Labute approximate surface area is 129 Å². The third-order valence-electron chi connectivity index (χ3n) is 3.04. The van der Waals surface area contributed by atoms with Gasteiger partial charge in [0.2, 0.25) is 0 Å². The van der Waals surface area contributed by atoms with Gasteiger partial charge < -0.3 is 10.5 Å². The lowest BCUT2D eigenvalue weighted by molar-refractivity contribution is 0.321. The molecule has 0 saturated carbocycles. The Hall–Kier alpha value is -1.68. The van der Waals surface area contributed by atoms with Gasteiger partial charge in [0.25, 0.3) is 0 Å². The number of ether oxygens (including phenoxy) is 1. The average Bonchev–Trinajstić information content (AvgIpc) is 2.39. The van der Waals surface area contributed by atoms with Crippen LogP contribution in [0.5, 0.6) is 5.75 Å². The molecule has 2 aromatic rings. The fourth-order valence-corrected chi connectivity index (χ4v) is 3.16. The third-order valence-corrected chi connectivity index (χ3v) is 4.18. The highest BCUT2D eigenvalue weighted by atomic mass is 32.2. The fourth-order valence-electron chi connectivity index (χ4n) is 2.25. The standard InChI is InChI=1S/C17H20FNOS/c1-4-20-16-9-17(15(19)8-14(16)18)21-10-13-6-11(2)5-12(3)7-13/h5-9H,4,10,19H2,1-3H3. The van der Waals surface area contributed by atoms with E-state index in [4.69, 9.17) is 10.5 Å². The number of hydrogen-bond acceptors (Lipinski definition) is 3. The minimum absolute atomic E-state index is 0.259. The maximum absolute atomic E-state index is 13.7. The van der Waals surface area contributed by atoms with Crippen molar-refractivity contribution in [2.45, 2.75) is 31.4 Å². The van der Waals surface area contributed by atoms with Gasteiger partial charge in [0.05, 0.1) is 6.61 Å². The first-order valence-corrected chi connectivity index (χ1v) is 7.90. The highest BCUT2D eigenvalue weighted by Crippen LogP contribution is 2.33. The lowest BCUT2D eigenvalue weighted by Gasteiger charge is -2.11. The Kier molecular flexibility index (Phi) is 5.12. The Bertz CT molecular complexity index is 623. The Morgan fingerprint density at radius 3 is 2.38 bits per heavy atom. The van der Waals surface area contributed by atoms with Crippen LogP contribution >= 0.6 is 11.8 Å². The first-order valence-electron chi connectivity index (χ1n) is 6.91. The summed E-state index contributed by atoms with van der Waals surface area (Å²) in [6.07, 6.45) is 0. The van der Waals surface area contributed by atoms with Crippen LogP contribution in [0.4, 0.5) is 10.1 Å². The molecule has 2 nitrogen and oxygen atoms in total. The topological polar surface area (TPSA) is 35.2 Å². The molecule has 0 amide bonds. The predicted octanol–water partition coefficient (Wildman–Crippen LogP) is 4.72. The molecule has 0 aliphatic rings. The van der Waals surface area contributed by atoms with Crippen molar-refractivity contribution in [3.05, 3.63) is 52.8 Å². The van der Waals surface area contributed by atoms with Crippen molar-refractivity contribution < 1.29 is 9.13 Å². The number of benzene rings is 2. The molecule has 0 radical (unpaired) electrons. The molecular weight excluding hydrogens is 285 g/mol. The van der Waals surface area contributed by atoms with E-state index in [-0.39, 0.29) is 5.75 Å². The van der Waals surface area contributed by atoms with Crippen molar-refractivity contribution >= 4 is 17.4 Å². The van der Waals surface area contributed by atoms with Crippen LogP contribution in [-0.4, -0.2) is 6.61 Å². The zero-order valence-electron chi connectivity index (χ0n) is 12.6. The van der Waals surface area contributed by atoms with E-state index in [1.165, 1.54) is 22.8 Å². The van der Waals surface area contributed by atoms with Crippen LogP contribution in [-0.2, 0) is 5.75 Å². The molecule has 0 atom stereocenters. The number of halogens is 1. The number of hydrogen-bond donors (Lipinski definition) is 1. The number of aryl methyl sites for hydroxylation is 2. The van der Waals surface area contributed by atoms with Crippen LogP contribution < -0.4 is 10.5 Å². The summed E-state index contributed by atoms with van der Waals surface area (Å²) < 4.78 is 19.0. The van der Waals surface area contributed by atoms with E-state index in [9.17, 15) is 4.39 Å². The summed E-state index contributed by atoms with van der Waals surface area (Å²) in [6.45, 7) is 6.43. The molecule has 2 aromatic carbocycles. The summed E-state index contributed by atoms with van der Waals surface area (Å²) in [7, 11) is 0. The zero-order chi connectivity index (χ0) is 15.4. The number of nitrogens with two attached hydrogens (primary N) is 1. The van der Waals surface area contributed by atoms with E-state index in [2.05, 4.69) is 32.0 Å². The smallest absolute Gasteiger partial charge is 0.167 e. The molecule has 0 unspecified atom stereocenters. The van der Waals surface area contributed by atoms with Gasteiger partial charge in [-0.05, 0) is 32.4 Å². The van der Waals surface area contributed by atoms with E-state index in [1.54, 1.807) is 17.8 Å². The molecule has 0 fully saturated rings. The van der Waals surface area contributed by atoms with Crippen molar-refractivity contribution in [2.24, 2.45) is 0 Å². The molecule has 0 saturated heterocycles. The third kappa shape index (κ3) is 4.14. The molecule has 4 heteroatoms. The largest absolute Gasteiger partial charge is 0.491 e. The fraction of sp³-hybridized carbons (Fsp3) is 0.294. The summed E-state index contributed by atoms with van der Waals surface area (Å²) in [4.78, 5) is 0.846. The molecule has 2 N–H and O–H groups in total. The van der Waals surface area contributed by atoms with Crippen molar-refractivity contribution in [1.29, 1.82) is 0 Å². The van der Waals surface area contributed by atoms with Gasteiger partial charge in [0.15, 0.2) is 11.6 Å². The lowest BCUT2D eigenvalue weighted by Crippen LogP contribution is -1.98. The van der Waals surface area contributed by atoms with E-state index in [0.29, 0.717) is 12.3 Å². The molecule has 0 spiro atoms. The number of rotatable bonds is 5. The lowest BCUT2D eigenvalue weighted by atomic mass is 10.1. The normalized spacial score (nSPS) is 10.7. The first-order chi connectivity index (χ1) is 9.99. The second-order valence-corrected chi connectivity index (χ2v) is 6.06.